The van der Waals surface area contributed by atoms with Crippen LogP contribution < -0.4 is 5.32 Å². The van der Waals surface area contributed by atoms with Gasteiger partial charge in [0.2, 0.25) is 0 Å². The van der Waals surface area contributed by atoms with Gasteiger partial charge in [-0.1, -0.05) is 42.5 Å². The molecule has 2 heterocycles. The quantitative estimate of drug-likeness (QED) is 0.756. The van der Waals surface area contributed by atoms with E-state index in [1.165, 1.54) is 16.7 Å². The van der Waals surface area contributed by atoms with Gasteiger partial charge in [-0.2, -0.15) is 4.89 Å². The second-order valence-electron chi connectivity index (χ2n) is 7.35. The first-order chi connectivity index (χ1) is 13.4. The molecule has 1 aliphatic carbocycles. The highest BCUT2D eigenvalue weighted by Crippen LogP contribution is 2.32. The summed E-state index contributed by atoms with van der Waals surface area (Å²) >= 11 is 0. The van der Waals surface area contributed by atoms with Crippen molar-refractivity contribution >= 4 is 0 Å². The zero-order valence-electron chi connectivity index (χ0n) is 15.6. The fourth-order valence-corrected chi connectivity index (χ4v) is 4.22. The van der Waals surface area contributed by atoms with Crippen molar-refractivity contribution < 1.29 is 14.9 Å². The molecule has 5 heteroatoms. The summed E-state index contributed by atoms with van der Waals surface area (Å²) in [6.45, 7) is 4.58. The molecule has 3 aliphatic rings. The van der Waals surface area contributed by atoms with E-state index in [1.54, 1.807) is 0 Å². The van der Waals surface area contributed by atoms with Crippen LogP contribution in [-0.2, 0) is 9.78 Å². The van der Waals surface area contributed by atoms with Gasteiger partial charge in [0, 0.05) is 43.8 Å². The van der Waals surface area contributed by atoms with Crippen molar-refractivity contribution in [3.05, 3.63) is 71.0 Å². The average Bonchev–Trinajstić information content (AvgIpc) is 2.75. The summed E-state index contributed by atoms with van der Waals surface area (Å²) in [4.78, 5) is 13.3. The third-order valence-electron chi connectivity index (χ3n) is 5.77. The molecule has 2 atom stereocenters. The molecule has 0 aromatic heterocycles. The minimum Gasteiger partial charge on any atom is -0.396 e. The lowest BCUT2D eigenvalue weighted by atomic mass is 9.91. The number of benzene rings is 1. The first-order valence-electron chi connectivity index (χ1n) is 9.86. The van der Waals surface area contributed by atoms with Crippen LogP contribution in [0.5, 0.6) is 0 Å². The number of aliphatic hydroxyl groups is 1. The van der Waals surface area contributed by atoms with Crippen molar-refractivity contribution in [2.45, 2.75) is 24.8 Å². The molecule has 1 saturated heterocycles. The zero-order chi connectivity index (χ0) is 18.5. The van der Waals surface area contributed by atoms with Crippen LogP contribution >= 0.6 is 0 Å². The molecule has 1 fully saturated rings. The van der Waals surface area contributed by atoms with Gasteiger partial charge in [-0.15, -0.1) is 0 Å². The number of nitrogens with one attached hydrogen (secondary N) is 1. The normalized spacial score (nSPS) is 24.2. The summed E-state index contributed by atoms with van der Waals surface area (Å²) in [5.74, 6) is 1.03. The fraction of sp³-hybridized carbons (Fsp3) is 0.455. The molecule has 27 heavy (non-hydrogen) atoms. The Morgan fingerprint density at radius 1 is 1.26 bits per heavy atom. The van der Waals surface area contributed by atoms with Gasteiger partial charge in [-0.25, -0.2) is 0 Å². The minimum atomic E-state index is 0.179. The lowest BCUT2D eigenvalue weighted by Crippen LogP contribution is -2.53. The van der Waals surface area contributed by atoms with Crippen LogP contribution in [0.4, 0.5) is 0 Å². The van der Waals surface area contributed by atoms with E-state index in [0.717, 1.165) is 44.8 Å². The molecule has 144 valence electrons. The lowest BCUT2D eigenvalue weighted by Gasteiger charge is -2.40. The highest BCUT2D eigenvalue weighted by Gasteiger charge is 2.32. The number of hydrogen-bond donors (Lipinski definition) is 2. The molecule has 0 saturated carbocycles. The van der Waals surface area contributed by atoms with Gasteiger partial charge in [-0.3, -0.25) is 4.90 Å². The van der Waals surface area contributed by atoms with Crippen LogP contribution in [-0.4, -0.2) is 55.4 Å². The smallest absolute Gasteiger partial charge is 0.169 e. The summed E-state index contributed by atoms with van der Waals surface area (Å²) in [6, 6.07) is 10.6. The van der Waals surface area contributed by atoms with E-state index in [4.69, 9.17) is 9.78 Å². The van der Waals surface area contributed by atoms with Crippen molar-refractivity contribution in [2.24, 2.45) is 0 Å². The summed E-state index contributed by atoms with van der Waals surface area (Å²) in [7, 11) is 0. The topological polar surface area (TPSA) is 54.0 Å². The number of nitrogens with zero attached hydrogens (tertiary/aromatic N) is 1. The molecular formula is C22H28N2O3. The van der Waals surface area contributed by atoms with Crippen molar-refractivity contribution in [1.82, 2.24) is 10.2 Å². The van der Waals surface area contributed by atoms with E-state index in [0.29, 0.717) is 12.6 Å². The molecule has 2 unspecified atom stereocenters. The highest BCUT2D eigenvalue weighted by atomic mass is 17.2. The Morgan fingerprint density at radius 2 is 2.15 bits per heavy atom. The molecule has 0 radical (unpaired) electrons. The van der Waals surface area contributed by atoms with Crippen molar-refractivity contribution in [1.29, 1.82) is 0 Å². The van der Waals surface area contributed by atoms with Crippen molar-refractivity contribution in [2.75, 3.05) is 39.4 Å². The summed E-state index contributed by atoms with van der Waals surface area (Å²) < 4.78 is 0. The van der Waals surface area contributed by atoms with Crippen LogP contribution in [0.25, 0.3) is 0 Å². The number of allylic oxidation sites excluding steroid dienone is 4. The molecule has 5 nitrogen and oxygen atoms in total. The SMILES string of the molecule is OCC(CCN1CCNCC1C1=C2CC=CC=C2OOC1)c1ccccc1. The van der Waals surface area contributed by atoms with E-state index in [9.17, 15) is 5.11 Å². The van der Waals surface area contributed by atoms with Gasteiger partial charge in [-0.05, 0) is 36.6 Å². The predicted molar refractivity (Wildman–Crippen MR) is 105 cm³/mol. The molecule has 2 aliphatic heterocycles. The molecule has 0 amide bonds. The van der Waals surface area contributed by atoms with Gasteiger partial charge >= 0.3 is 0 Å². The summed E-state index contributed by atoms with van der Waals surface area (Å²) in [6.07, 6.45) is 8.02. The Morgan fingerprint density at radius 3 is 3.00 bits per heavy atom. The maximum atomic E-state index is 9.89. The number of piperazine rings is 1. The number of rotatable bonds is 6. The Kier molecular flexibility index (Phi) is 6.04. The van der Waals surface area contributed by atoms with Crippen LogP contribution in [0.15, 0.2) is 65.5 Å². The van der Waals surface area contributed by atoms with E-state index >= 15 is 0 Å². The Hall–Kier alpha value is -1.92. The third kappa shape index (κ3) is 4.17. The highest BCUT2D eigenvalue weighted by molar-refractivity contribution is 5.42. The monoisotopic (exact) mass is 368 g/mol. The van der Waals surface area contributed by atoms with Crippen LogP contribution in [0.2, 0.25) is 0 Å². The van der Waals surface area contributed by atoms with Gasteiger partial charge in [0.25, 0.3) is 0 Å². The van der Waals surface area contributed by atoms with Crippen LogP contribution in [0.3, 0.4) is 0 Å². The van der Waals surface area contributed by atoms with Gasteiger partial charge in [0.15, 0.2) is 5.76 Å². The Labute approximate surface area is 160 Å². The van der Waals surface area contributed by atoms with Crippen molar-refractivity contribution in [3.8, 4) is 0 Å². The average molecular weight is 368 g/mol. The van der Waals surface area contributed by atoms with Gasteiger partial charge in [0.05, 0.1) is 0 Å². The number of aliphatic hydroxyl groups excluding tert-OH is 1. The van der Waals surface area contributed by atoms with Gasteiger partial charge < -0.3 is 15.3 Å². The van der Waals surface area contributed by atoms with E-state index in [-0.39, 0.29) is 12.5 Å². The second kappa shape index (κ2) is 8.85. The van der Waals surface area contributed by atoms with E-state index in [1.807, 2.05) is 30.4 Å². The molecule has 2 N–H and O–H groups in total. The maximum Gasteiger partial charge on any atom is 0.169 e. The van der Waals surface area contributed by atoms with Crippen molar-refractivity contribution in [3.63, 3.8) is 0 Å². The first kappa shape index (κ1) is 18.4. The molecule has 4 rings (SSSR count). The zero-order valence-corrected chi connectivity index (χ0v) is 15.6. The van der Waals surface area contributed by atoms with E-state index in [2.05, 4.69) is 28.4 Å². The van der Waals surface area contributed by atoms with Gasteiger partial charge in [0.1, 0.15) is 6.61 Å². The molecular weight excluding hydrogens is 340 g/mol. The number of fused-ring (bicyclic) bond motifs is 1. The largest absolute Gasteiger partial charge is 0.396 e. The number of hydrogen-bond acceptors (Lipinski definition) is 5. The van der Waals surface area contributed by atoms with Crippen LogP contribution in [0.1, 0.15) is 24.3 Å². The molecule has 1 aromatic carbocycles. The maximum absolute atomic E-state index is 9.89. The predicted octanol–water partition coefficient (Wildman–Crippen LogP) is 2.53. The standard InChI is InChI=1S/C22H28N2O3/c25-15-18(17-6-2-1-3-7-17)10-12-24-13-11-23-14-21(24)20-16-26-27-22-9-5-4-8-19(20)22/h1-7,9,18,21,23,25H,8,10-16H2. The summed E-state index contributed by atoms with van der Waals surface area (Å²) in [5, 5.41) is 13.4. The Bertz CT molecular complexity index is 726. The van der Waals surface area contributed by atoms with Crippen LogP contribution in [0, 0.1) is 0 Å². The Balaban J connectivity index is 1.49. The third-order valence-corrected chi connectivity index (χ3v) is 5.77. The molecule has 1 aromatic rings. The first-order valence-corrected chi connectivity index (χ1v) is 9.86. The minimum absolute atomic E-state index is 0.179. The molecule has 0 spiro atoms. The lowest BCUT2D eigenvalue weighted by molar-refractivity contribution is -0.260. The second-order valence-corrected chi connectivity index (χ2v) is 7.35. The van der Waals surface area contributed by atoms with E-state index < -0.39 is 0 Å². The fourth-order valence-electron chi connectivity index (χ4n) is 4.22. The molecule has 0 bridgehead atoms. The summed E-state index contributed by atoms with van der Waals surface area (Å²) in [5.41, 5.74) is 3.80.